The van der Waals surface area contributed by atoms with Gasteiger partial charge >= 0.3 is 5.97 Å². The molecule has 0 bridgehead atoms. The Morgan fingerprint density at radius 1 is 1.14 bits per heavy atom. The van der Waals surface area contributed by atoms with Crippen molar-refractivity contribution in [3.63, 3.8) is 0 Å². The van der Waals surface area contributed by atoms with E-state index >= 15 is 0 Å². The molecule has 1 unspecified atom stereocenters. The number of carbonyl (C=O) groups excluding carboxylic acids is 2. The van der Waals surface area contributed by atoms with Gasteiger partial charge in [0.15, 0.2) is 6.10 Å². The van der Waals surface area contributed by atoms with Crippen molar-refractivity contribution in [3.05, 3.63) is 64.1 Å². The number of benzene rings is 2. The average molecular weight is 397 g/mol. The maximum absolute atomic E-state index is 12.8. The van der Waals surface area contributed by atoms with Crippen molar-refractivity contribution in [1.82, 2.24) is 0 Å². The van der Waals surface area contributed by atoms with Crippen LogP contribution >= 0.6 is 11.8 Å². The van der Waals surface area contributed by atoms with Crippen molar-refractivity contribution >= 4 is 40.6 Å². The number of ether oxygens (including phenoxy) is 1. The number of carboxylic acids is 1. The van der Waals surface area contributed by atoms with E-state index < -0.39 is 12.1 Å². The van der Waals surface area contributed by atoms with Crippen LogP contribution in [0.1, 0.15) is 23.6 Å². The largest absolute Gasteiger partial charge is 0.479 e. The molecular formula is C21H19NO5S. The predicted molar refractivity (Wildman–Crippen MR) is 109 cm³/mol. The molecule has 0 radical (unpaired) electrons. The van der Waals surface area contributed by atoms with Crippen molar-refractivity contribution in [2.75, 3.05) is 4.90 Å². The van der Waals surface area contributed by atoms with E-state index in [0.29, 0.717) is 21.9 Å². The minimum absolute atomic E-state index is 0.332. The van der Waals surface area contributed by atoms with Crippen molar-refractivity contribution in [2.24, 2.45) is 0 Å². The zero-order valence-corrected chi connectivity index (χ0v) is 16.4. The van der Waals surface area contributed by atoms with Crippen LogP contribution in [0.25, 0.3) is 6.08 Å². The molecule has 1 aliphatic rings. The highest BCUT2D eigenvalue weighted by Gasteiger charge is 2.37. The van der Waals surface area contributed by atoms with Gasteiger partial charge in [0.1, 0.15) is 5.75 Å². The highest BCUT2D eigenvalue weighted by atomic mass is 32.2. The number of hydrogen-bond acceptors (Lipinski definition) is 5. The maximum Gasteiger partial charge on any atom is 0.344 e. The lowest BCUT2D eigenvalue weighted by molar-refractivity contribution is -0.144. The summed E-state index contributed by atoms with van der Waals surface area (Å²) in [6.07, 6.45) is 0.681. The number of amides is 2. The molecule has 0 aromatic heterocycles. The molecule has 3 rings (SSSR count). The molecule has 7 heteroatoms. The second-order valence-corrected chi connectivity index (χ2v) is 7.47. The quantitative estimate of drug-likeness (QED) is 0.753. The molecule has 2 aromatic carbocycles. The first-order valence-electron chi connectivity index (χ1n) is 8.61. The second kappa shape index (κ2) is 7.90. The summed E-state index contributed by atoms with van der Waals surface area (Å²) in [5, 5.41) is 8.55. The standard InChI is InChI=1S/C21H19NO5S/c1-12-4-5-13(2)17(10-12)22-19(23)18(28-21(22)26)11-15-6-8-16(9-7-15)27-14(3)20(24)25/h4-11,14H,1-3H3,(H,24,25)/b18-11+. The van der Waals surface area contributed by atoms with Gasteiger partial charge in [0.05, 0.1) is 10.6 Å². The fourth-order valence-corrected chi connectivity index (χ4v) is 3.52. The molecule has 0 spiro atoms. The maximum atomic E-state index is 12.8. The molecule has 1 saturated heterocycles. The Kier molecular flexibility index (Phi) is 5.56. The first kappa shape index (κ1) is 19.7. The van der Waals surface area contributed by atoms with Gasteiger partial charge in [0.2, 0.25) is 0 Å². The third-order valence-corrected chi connectivity index (χ3v) is 5.11. The Morgan fingerprint density at radius 2 is 1.82 bits per heavy atom. The van der Waals surface area contributed by atoms with E-state index in [2.05, 4.69) is 0 Å². The minimum atomic E-state index is -1.05. The number of aryl methyl sites for hydroxylation is 2. The third-order valence-electron chi connectivity index (χ3n) is 4.24. The number of imide groups is 1. The SMILES string of the molecule is Cc1ccc(C)c(N2C(=O)S/C(=C/c3ccc(OC(C)C(=O)O)cc3)C2=O)c1. The Hall–Kier alpha value is -3.06. The topological polar surface area (TPSA) is 83.9 Å². The number of nitrogens with zero attached hydrogens (tertiary/aromatic N) is 1. The van der Waals surface area contributed by atoms with Crippen LogP contribution in [0.5, 0.6) is 5.75 Å². The fourth-order valence-electron chi connectivity index (χ4n) is 2.68. The van der Waals surface area contributed by atoms with E-state index in [4.69, 9.17) is 9.84 Å². The number of carboxylic acid groups (broad SMARTS) is 1. The number of hydrogen-bond donors (Lipinski definition) is 1. The Labute approximate surface area is 166 Å². The van der Waals surface area contributed by atoms with E-state index in [1.165, 1.54) is 11.8 Å². The minimum Gasteiger partial charge on any atom is -0.479 e. The molecule has 144 valence electrons. The van der Waals surface area contributed by atoms with Crippen LogP contribution in [0.15, 0.2) is 47.4 Å². The smallest absolute Gasteiger partial charge is 0.344 e. The highest BCUT2D eigenvalue weighted by Crippen LogP contribution is 2.37. The van der Waals surface area contributed by atoms with E-state index in [9.17, 15) is 14.4 Å². The summed E-state index contributed by atoms with van der Waals surface area (Å²) >= 11 is 0.894. The molecule has 1 fully saturated rings. The van der Waals surface area contributed by atoms with E-state index in [1.807, 2.05) is 32.0 Å². The molecule has 0 aliphatic carbocycles. The summed E-state index contributed by atoms with van der Waals surface area (Å²) in [5.41, 5.74) is 3.12. The highest BCUT2D eigenvalue weighted by molar-refractivity contribution is 8.19. The number of aliphatic carboxylic acids is 1. The zero-order chi connectivity index (χ0) is 20.4. The zero-order valence-electron chi connectivity index (χ0n) is 15.6. The van der Waals surface area contributed by atoms with Crippen LogP contribution < -0.4 is 9.64 Å². The normalized spacial score (nSPS) is 16.5. The molecule has 2 aromatic rings. The van der Waals surface area contributed by atoms with Crippen molar-refractivity contribution in [3.8, 4) is 5.75 Å². The molecule has 2 amide bonds. The Balaban J connectivity index is 1.82. The van der Waals surface area contributed by atoms with E-state index in [-0.39, 0.29) is 11.1 Å². The molecule has 28 heavy (non-hydrogen) atoms. The fraction of sp³-hybridized carbons (Fsp3) is 0.190. The van der Waals surface area contributed by atoms with Gasteiger partial charge < -0.3 is 9.84 Å². The number of anilines is 1. The third kappa shape index (κ3) is 4.09. The summed E-state index contributed by atoms with van der Waals surface area (Å²) in [5.74, 6) is -0.997. The van der Waals surface area contributed by atoms with Crippen LogP contribution in [-0.4, -0.2) is 28.3 Å². The lowest BCUT2D eigenvalue weighted by Crippen LogP contribution is -2.28. The van der Waals surface area contributed by atoms with Crippen LogP contribution in [-0.2, 0) is 9.59 Å². The molecule has 1 heterocycles. The average Bonchev–Trinajstić information content (AvgIpc) is 2.92. The summed E-state index contributed by atoms with van der Waals surface area (Å²) in [6.45, 7) is 5.21. The molecule has 1 N–H and O–H groups in total. The van der Waals surface area contributed by atoms with Crippen molar-refractivity contribution in [1.29, 1.82) is 0 Å². The number of carbonyl (C=O) groups is 3. The first-order chi connectivity index (χ1) is 13.3. The second-order valence-electron chi connectivity index (χ2n) is 6.47. The van der Waals surface area contributed by atoms with Crippen LogP contribution in [0, 0.1) is 13.8 Å². The number of rotatable bonds is 5. The van der Waals surface area contributed by atoms with Gasteiger partial charge in [0.25, 0.3) is 11.1 Å². The van der Waals surface area contributed by atoms with Crippen LogP contribution in [0.2, 0.25) is 0 Å². The molecule has 1 aliphatic heterocycles. The van der Waals surface area contributed by atoms with E-state index in [0.717, 1.165) is 22.9 Å². The molecule has 0 saturated carbocycles. The monoisotopic (exact) mass is 397 g/mol. The molecule has 1 atom stereocenters. The van der Waals surface area contributed by atoms with Crippen LogP contribution in [0.3, 0.4) is 0 Å². The van der Waals surface area contributed by atoms with Crippen molar-refractivity contribution < 1.29 is 24.2 Å². The van der Waals surface area contributed by atoms with Gasteiger partial charge in [-0.15, -0.1) is 0 Å². The van der Waals surface area contributed by atoms with Crippen LogP contribution in [0.4, 0.5) is 10.5 Å². The number of thioether (sulfide) groups is 1. The predicted octanol–water partition coefficient (Wildman–Crippen LogP) is 4.40. The summed E-state index contributed by atoms with van der Waals surface area (Å²) in [7, 11) is 0. The Bertz CT molecular complexity index is 981. The van der Waals surface area contributed by atoms with Crippen molar-refractivity contribution in [2.45, 2.75) is 26.9 Å². The summed E-state index contributed by atoms with van der Waals surface area (Å²) < 4.78 is 5.28. The van der Waals surface area contributed by atoms with E-state index in [1.54, 1.807) is 30.3 Å². The van der Waals surface area contributed by atoms with Gasteiger partial charge in [-0.25, -0.2) is 9.69 Å². The van der Waals surface area contributed by atoms with Gasteiger partial charge in [-0.3, -0.25) is 9.59 Å². The van der Waals surface area contributed by atoms with Gasteiger partial charge in [-0.05, 0) is 73.5 Å². The van der Waals surface area contributed by atoms with Gasteiger partial charge in [-0.1, -0.05) is 24.3 Å². The molecule has 6 nitrogen and oxygen atoms in total. The summed E-state index contributed by atoms with van der Waals surface area (Å²) in [6, 6.07) is 12.3. The first-order valence-corrected chi connectivity index (χ1v) is 9.42. The van der Waals surface area contributed by atoms with Gasteiger partial charge in [0, 0.05) is 0 Å². The summed E-state index contributed by atoms with van der Waals surface area (Å²) in [4.78, 5) is 37.6. The Morgan fingerprint density at radius 3 is 2.46 bits per heavy atom. The van der Waals surface area contributed by atoms with Gasteiger partial charge in [-0.2, -0.15) is 0 Å². The lowest BCUT2D eigenvalue weighted by Gasteiger charge is -2.16. The lowest BCUT2D eigenvalue weighted by atomic mass is 10.1. The molecular weight excluding hydrogens is 378 g/mol.